The van der Waals surface area contributed by atoms with E-state index in [0.717, 1.165) is 43.9 Å². The van der Waals surface area contributed by atoms with Crippen LogP contribution in [0, 0.1) is 6.92 Å². The van der Waals surface area contributed by atoms with E-state index in [1.54, 1.807) is 7.11 Å². The van der Waals surface area contributed by atoms with Crippen LogP contribution in [0.4, 0.5) is 0 Å². The highest BCUT2D eigenvalue weighted by Gasteiger charge is 2.04. The summed E-state index contributed by atoms with van der Waals surface area (Å²) in [6.45, 7) is 7.03. The highest BCUT2D eigenvalue weighted by molar-refractivity contribution is 5.85. The predicted molar refractivity (Wildman–Crippen MR) is 92.9 cm³/mol. The standard InChI is InChI=1S/C17H25N3O.ClH/c1-4-10-20-16(11-14(2)19-20)13-18-9-8-15-6-5-7-17(12-15)21-3;/h5-7,11-12,18H,4,8-10,13H2,1-3H3;1H. The Morgan fingerprint density at radius 1 is 1.27 bits per heavy atom. The summed E-state index contributed by atoms with van der Waals surface area (Å²) in [6.07, 6.45) is 2.11. The molecule has 0 amide bonds. The molecule has 0 fully saturated rings. The molecule has 0 atom stereocenters. The number of nitrogens with one attached hydrogen (secondary N) is 1. The van der Waals surface area contributed by atoms with Gasteiger partial charge in [-0.05, 0) is 50.1 Å². The second-order valence-corrected chi connectivity index (χ2v) is 5.28. The summed E-state index contributed by atoms with van der Waals surface area (Å²) in [5.74, 6) is 0.921. The first-order chi connectivity index (χ1) is 10.2. The number of hydrogen-bond donors (Lipinski definition) is 1. The van der Waals surface area contributed by atoms with Crippen LogP contribution in [0.3, 0.4) is 0 Å². The highest BCUT2D eigenvalue weighted by Crippen LogP contribution is 2.12. The average Bonchev–Trinajstić information content (AvgIpc) is 2.84. The topological polar surface area (TPSA) is 39.1 Å². The van der Waals surface area contributed by atoms with Crippen LogP contribution in [0.25, 0.3) is 0 Å². The molecule has 0 radical (unpaired) electrons. The molecule has 2 rings (SSSR count). The van der Waals surface area contributed by atoms with Crippen molar-refractivity contribution in [2.24, 2.45) is 0 Å². The number of benzene rings is 1. The summed E-state index contributed by atoms with van der Waals surface area (Å²) >= 11 is 0. The minimum absolute atomic E-state index is 0. The van der Waals surface area contributed by atoms with Gasteiger partial charge in [0.15, 0.2) is 0 Å². The van der Waals surface area contributed by atoms with Crippen LogP contribution in [0.5, 0.6) is 5.75 Å². The highest BCUT2D eigenvalue weighted by atomic mass is 35.5. The van der Waals surface area contributed by atoms with Crippen LogP contribution in [0.1, 0.15) is 30.3 Å². The Labute approximate surface area is 139 Å². The third kappa shape index (κ3) is 5.35. The Morgan fingerprint density at radius 3 is 2.82 bits per heavy atom. The molecular weight excluding hydrogens is 298 g/mol. The molecule has 0 saturated carbocycles. The van der Waals surface area contributed by atoms with Crippen LogP contribution >= 0.6 is 12.4 Å². The fourth-order valence-corrected chi connectivity index (χ4v) is 2.42. The van der Waals surface area contributed by atoms with Crippen molar-refractivity contribution in [3.63, 3.8) is 0 Å². The van der Waals surface area contributed by atoms with Gasteiger partial charge in [-0.2, -0.15) is 5.10 Å². The second-order valence-electron chi connectivity index (χ2n) is 5.28. The maximum Gasteiger partial charge on any atom is 0.119 e. The molecule has 0 saturated heterocycles. The zero-order valence-corrected chi connectivity index (χ0v) is 14.4. The molecule has 0 aliphatic carbocycles. The van der Waals surface area contributed by atoms with Gasteiger partial charge in [0.05, 0.1) is 18.5 Å². The van der Waals surface area contributed by atoms with Gasteiger partial charge < -0.3 is 10.1 Å². The number of rotatable bonds is 8. The van der Waals surface area contributed by atoms with Crippen molar-refractivity contribution in [1.29, 1.82) is 0 Å². The van der Waals surface area contributed by atoms with Gasteiger partial charge in [0.1, 0.15) is 5.75 Å². The summed E-state index contributed by atoms with van der Waals surface area (Å²) in [4.78, 5) is 0. The largest absolute Gasteiger partial charge is 0.497 e. The number of hydrogen-bond acceptors (Lipinski definition) is 3. The summed E-state index contributed by atoms with van der Waals surface area (Å²) < 4.78 is 7.35. The number of nitrogens with zero attached hydrogens (tertiary/aromatic N) is 2. The molecule has 4 nitrogen and oxygen atoms in total. The van der Waals surface area contributed by atoms with Crippen molar-refractivity contribution in [1.82, 2.24) is 15.1 Å². The van der Waals surface area contributed by atoms with Crippen molar-refractivity contribution in [2.45, 2.75) is 39.8 Å². The van der Waals surface area contributed by atoms with E-state index in [2.05, 4.69) is 40.2 Å². The SMILES string of the molecule is CCCn1nc(C)cc1CNCCc1cccc(OC)c1.Cl. The first kappa shape index (κ1) is 18.5. The van der Waals surface area contributed by atoms with Crippen molar-refractivity contribution in [3.8, 4) is 5.75 Å². The lowest BCUT2D eigenvalue weighted by Crippen LogP contribution is -2.19. The first-order valence-corrected chi connectivity index (χ1v) is 7.60. The van der Waals surface area contributed by atoms with E-state index in [1.807, 2.05) is 19.1 Å². The van der Waals surface area contributed by atoms with Gasteiger partial charge in [0, 0.05) is 13.1 Å². The molecule has 0 spiro atoms. The zero-order chi connectivity index (χ0) is 15.1. The Morgan fingerprint density at radius 2 is 2.09 bits per heavy atom. The lowest BCUT2D eigenvalue weighted by Gasteiger charge is -2.08. The second kappa shape index (κ2) is 9.49. The van der Waals surface area contributed by atoms with E-state index in [9.17, 15) is 0 Å². The third-order valence-electron chi connectivity index (χ3n) is 3.45. The smallest absolute Gasteiger partial charge is 0.119 e. The van der Waals surface area contributed by atoms with Crippen LogP contribution in [0.2, 0.25) is 0 Å². The van der Waals surface area contributed by atoms with Gasteiger partial charge >= 0.3 is 0 Å². The fourth-order valence-electron chi connectivity index (χ4n) is 2.42. The quantitative estimate of drug-likeness (QED) is 0.757. The zero-order valence-electron chi connectivity index (χ0n) is 13.6. The third-order valence-corrected chi connectivity index (χ3v) is 3.45. The number of halogens is 1. The molecule has 0 aliphatic heterocycles. The fraction of sp³-hybridized carbons (Fsp3) is 0.471. The summed E-state index contributed by atoms with van der Waals surface area (Å²) in [7, 11) is 1.70. The lowest BCUT2D eigenvalue weighted by molar-refractivity contribution is 0.414. The van der Waals surface area contributed by atoms with Crippen molar-refractivity contribution in [2.75, 3.05) is 13.7 Å². The van der Waals surface area contributed by atoms with E-state index in [4.69, 9.17) is 4.74 Å². The molecular formula is C17H26ClN3O. The van der Waals surface area contributed by atoms with E-state index in [-0.39, 0.29) is 12.4 Å². The van der Waals surface area contributed by atoms with Crippen LogP contribution in [-0.4, -0.2) is 23.4 Å². The lowest BCUT2D eigenvalue weighted by atomic mass is 10.1. The summed E-state index contributed by atoms with van der Waals surface area (Å²) in [5.41, 5.74) is 3.65. The molecule has 2 aromatic rings. The van der Waals surface area contributed by atoms with Crippen LogP contribution < -0.4 is 10.1 Å². The van der Waals surface area contributed by atoms with E-state index in [1.165, 1.54) is 11.3 Å². The van der Waals surface area contributed by atoms with Gasteiger partial charge in [-0.25, -0.2) is 0 Å². The number of methoxy groups -OCH3 is 1. The van der Waals surface area contributed by atoms with Gasteiger partial charge in [0.25, 0.3) is 0 Å². The number of ether oxygens (including phenoxy) is 1. The normalized spacial score (nSPS) is 10.3. The molecule has 122 valence electrons. The van der Waals surface area contributed by atoms with Crippen molar-refractivity contribution in [3.05, 3.63) is 47.3 Å². The summed E-state index contributed by atoms with van der Waals surface area (Å²) in [6, 6.07) is 10.4. The molecule has 1 heterocycles. The Balaban J connectivity index is 0.00000242. The van der Waals surface area contributed by atoms with Crippen molar-refractivity contribution >= 4 is 12.4 Å². The van der Waals surface area contributed by atoms with Gasteiger partial charge in [-0.3, -0.25) is 4.68 Å². The van der Waals surface area contributed by atoms with Crippen LogP contribution in [-0.2, 0) is 19.5 Å². The monoisotopic (exact) mass is 323 g/mol. The molecule has 0 bridgehead atoms. The molecule has 0 aliphatic rings. The maximum atomic E-state index is 5.24. The van der Waals surface area contributed by atoms with Gasteiger partial charge in [-0.1, -0.05) is 19.1 Å². The molecule has 1 N–H and O–H groups in total. The molecule has 22 heavy (non-hydrogen) atoms. The van der Waals surface area contributed by atoms with Gasteiger partial charge in [0.2, 0.25) is 0 Å². The van der Waals surface area contributed by atoms with Crippen molar-refractivity contribution < 1.29 is 4.74 Å². The average molecular weight is 324 g/mol. The van der Waals surface area contributed by atoms with Crippen LogP contribution in [0.15, 0.2) is 30.3 Å². The Hall–Kier alpha value is -1.52. The maximum absolute atomic E-state index is 5.24. The Kier molecular flexibility index (Phi) is 7.99. The van der Waals surface area contributed by atoms with E-state index < -0.39 is 0 Å². The molecule has 1 aromatic carbocycles. The van der Waals surface area contributed by atoms with Gasteiger partial charge in [-0.15, -0.1) is 12.4 Å². The number of aromatic nitrogens is 2. The first-order valence-electron chi connectivity index (χ1n) is 7.60. The van der Waals surface area contributed by atoms with E-state index >= 15 is 0 Å². The molecule has 1 aromatic heterocycles. The minimum Gasteiger partial charge on any atom is -0.497 e. The molecule has 5 heteroatoms. The minimum atomic E-state index is 0. The molecule has 0 unspecified atom stereocenters. The Bertz CT molecular complexity index is 569. The number of aryl methyl sites for hydroxylation is 2. The predicted octanol–water partition coefficient (Wildman–Crippen LogP) is 3.36. The van der Waals surface area contributed by atoms with E-state index in [0.29, 0.717) is 0 Å². The summed E-state index contributed by atoms with van der Waals surface area (Å²) in [5, 5.41) is 8.02.